The van der Waals surface area contributed by atoms with Crippen LogP contribution >= 0.6 is 0 Å². The molecule has 0 radical (unpaired) electrons. The van der Waals surface area contributed by atoms with Gasteiger partial charge in [0, 0.05) is 13.2 Å². The van der Waals surface area contributed by atoms with Gasteiger partial charge >= 0.3 is 9.28 Å². The lowest BCUT2D eigenvalue weighted by molar-refractivity contribution is 0.133. The molecule has 0 saturated carbocycles. The minimum atomic E-state index is -1.87. The third-order valence-corrected chi connectivity index (χ3v) is 3.72. The van der Waals surface area contributed by atoms with Crippen LogP contribution in [-0.4, -0.2) is 39.9 Å². The Morgan fingerprint density at radius 2 is 1.83 bits per heavy atom. The molecule has 0 aliphatic heterocycles. The molecular formula is C7H19NO3Si. The summed E-state index contributed by atoms with van der Waals surface area (Å²) >= 11 is 0. The molecule has 1 unspecified atom stereocenters. The summed E-state index contributed by atoms with van der Waals surface area (Å²) in [6.07, 6.45) is 0.566. The Morgan fingerprint density at radius 1 is 1.33 bits per heavy atom. The number of rotatable bonds is 7. The monoisotopic (exact) mass is 193 g/mol. The first-order chi connectivity index (χ1) is 5.76. The summed E-state index contributed by atoms with van der Waals surface area (Å²) in [5.74, 6) is 0. The first-order valence-corrected chi connectivity index (χ1v) is 5.98. The fourth-order valence-corrected chi connectivity index (χ4v) is 2.57. The summed E-state index contributed by atoms with van der Waals surface area (Å²) < 4.78 is 10.6. The second kappa shape index (κ2) is 7.69. The number of nitrogens with two attached hydrogens (primary N) is 1. The van der Waals surface area contributed by atoms with Gasteiger partial charge in [-0.05, 0) is 26.8 Å². The van der Waals surface area contributed by atoms with Crippen LogP contribution in [-0.2, 0) is 8.85 Å². The molecular weight excluding hydrogens is 174 g/mol. The topological polar surface area (TPSA) is 64.7 Å². The van der Waals surface area contributed by atoms with E-state index < -0.39 is 15.0 Å². The largest absolute Gasteiger partial charge is 0.395 e. The van der Waals surface area contributed by atoms with Crippen LogP contribution < -0.4 is 5.73 Å². The molecule has 0 bridgehead atoms. The Hall–Kier alpha value is 0.0569. The molecule has 0 aromatic carbocycles. The first kappa shape index (κ1) is 12.1. The number of hydrogen-bond donors (Lipinski definition) is 2. The average Bonchev–Trinajstić information content (AvgIpc) is 2.04. The maximum Gasteiger partial charge on any atom is 0.351 e. The standard InChI is InChI=1S/C7H19NO3Si/c1-3-10-12(11-4-2)7(9)5-6-8/h7,9,12H,3-6,8H2,1-2H3. The number of hydrogen-bond acceptors (Lipinski definition) is 4. The van der Waals surface area contributed by atoms with E-state index in [2.05, 4.69) is 0 Å². The lowest BCUT2D eigenvalue weighted by atomic mass is 10.5. The van der Waals surface area contributed by atoms with E-state index >= 15 is 0 Å². The third-order valence-electron chi connectivity index (χ3n) is 1.44. The summed E-state index contributed by atoms with van der Waals surface area (Å²) in [4.78, 5) is 0. The van der Waals surface area contributed by atoms with Crippen molar-refractivity contribution in [1.82, 2.24) is 0 Å². The van der Waals surface area contributed by atoms with Gasteiger partial charge in [0.1, 0.15) is 0 Å². The molecule has 0 aliphatic carbocycles. The van der Waals surface area contributed by atoms with E-state index in [0.717, 1.165) is 0 Å². The van der Waals surface area contributed by atoms with Gasteiger partial charge in [-0.3, -0.25) is 0 Å². The van der Waals surface area contributed by atoms with Gasteiger partial charge in [0.2, 0.25) is 0 Å². The minimum Gasteiger partial charge on any atom is -0.395 e. The maximum absolute atomic E-state index is 9.50. The average molecular weight is 193 g/mol. The lowest BCUT2D eigenvalue weighted by Crippen LogP contribution is -2.38. The van der Waals surface area contributed by atoms with Gasteiger partial charge in [0.05, 0.1) is 5.73 Å². The predicted molar refractivity (Wildman–Crippen MR) is 50.1 cm³/mol. The fraction of sp³-hybridized carbons (Fsp3) is 1.00. The van der Waals surface area contributed by atoms with E-state index in [9.17, 15) is 5.11 Å². The molecule has 0 saturated heterocycles. The van der Waals surface area contributed by atoms with Crippen molar-refractivity contribution in [3.05, 3.63) is 0 Å². The molecule has 0 aromatic heterocycles. The van der Waals surface area contributed by atoms with Crippen molar-refractivity contribution >= 4 is 9.28 Å². The predicted octanol–water partition coefficient (Wildman–Crippen LogP) is -0.471. The molecule has 3 N–H and O–H groups in total. The summed E-state index contributed by atoms with van der Waals surface area (Å²) in [7, 11) is -1.87. The van der Waals surface area contributed by atoms with Gasteiger partial charge in [0.25, 0.3) is 0 Å². The minimum absolute atomic E-state index is 0.477. The molecule has 0 spiro atoms. The van der Waals surface area contributed by atoms with Gasteiger partial charge in [-0.15, -0.1) is 0 Å². The first-order valence-electron chi connectivity index (χ1n) is 4.37. The Bertz CT molecular complexity index is 98.7. The molecule has 0 rings (SSSR count). The normalized spacial score (nSPS) is 13.8. The lowest BCUT2D eigenvalue weighted by Gasteiger charge is -2.19. The summed E-state index contributed by atoms with van der Waals surface area (Å²) in [6, 6.07) is 0. The van der Waals surface area contributed by atoms with Gasteiger partial charge < -0.3 is 19.7 Å². The van der Waals surface area contributed by atoms with E-state index in [1.54, 1.807) is 0 Å². The Morgan fingerprint density at radius 3 is 2.17 bits per heavy atom. The maximum atomic E-state index is 9.50. The van der Waals surface area contributed by atoms with Crippen LogP contribution in [0.5, 0.6) is 0 Å². The van der Waals surface area contributed by atoms with Crippen molar-refractivity contribution in [2.24, 2.45) is 5.73 Å². The molecule has 0 heterocycles. The van der Waals surface area contributed by atoms with E-state index in [1.807, 2.05) is 13.8 Å². The van der Waals surface area contributed by atoms with Crippen LogP contribution in [0.1, 0.15) is 20.3 Å². The Kier molecular flexibility index (Phi) is 7.73. The highest BCUT2D eigenvalue weighted by molar-refractivity contribution is 6.45. The van der Waals surface area contributed by atoms with Crippen molar-refractivity contribution in [2.45, 2.75) is 26.0 Å². The van der Waals surface area contributed by atoms with E-state index in [1.165, 1.54) is 0 Å². The molecule has 0 aliphatic rings. The van der Waals surface area contributed by atoms with Crippen molar-refractivity contribution < 1.29 is 14.0 Å². The quantitative estimate of drug-likeness (QED) is 0.537. The summed E-state index contributed by atoms with van der Waals surface area (Å²) in [6.45, 7) is 5.46. The van der Waals surface area contributed by atoms with E-state index in [4.69, 9.17) is 14.6 Å². The Labute approximate surface area is 75.5 Å². The van der Waals surface area contributed by atoms with Gasteiger partial charge in [0.15, 0.2) is 0 Å². The highest BCUT2D eigenvalue weighted by Crippen LogP contribution is 2.00. The molecule has 0 fully saturated rings. The zero-order valence-corrected chi connectivity index (χ0v) is 8.98. The van der Waals surface area contributed by atoms with Crippen LogP contribution in [0.25, 0.3) is 0 Å². The van der Waals surface area contributed by atoms with Crippen LogP contribution in [0.2, 0.25) is 0 Å². The van der Waals surface area contributed by atoms with Crippen LogP contribution in [0.3, 0.4) is 0 Å². The van der Waals surface area contributed by atoms with Crippen LogP contribution in [0.15, 0.2) is 0 Å². The molecule has 0 aromatic rings. The highest BCUT2D eigenvalue weighted by atomic mass is 28.3. The van der Waals surface area contributed by atoms with E-state index in [0.29, 0.717) is 26.2 Å². The van der Waals surface area contributed by atoms with Crippen molar-refractivity contribution in [1.29, 1.82) is 0 Å². The second-order valence-electron chi connectivity index (χ2n) is 2.42. The summed E-state index contributed by atoms with van der Waals surface area (Å²) in [5, 5.41) is 9.50. The molecule has 0 amide bonds. The third kappa shape index (κ3) is 4.84. The smallest absolute Gasteiger partial charge is 0.351 e. The van der Waals surface area contributed by atoms with E-state index in [-0.39, 0.29) is 0 Å². The zero-order valence-electron chi connectivity index (χ0n) is 7.82. The van der Waals surface area contributed by atoms with Gasteiger partial charge in [-0.1, -0.05) is 0 Å². The van der Waals surface area contributed by atoms with Crippen LogP contribution in [0, 0.1) is 0 Å². The van der Waals surface area contributed by atoms with Crippen molar-refractivity contribution in [2.75, 3.05) is 19.8 Å². The SMILES string of the molecule is CCO[SiH](OCC)C(O)CCN. The van der Waals surface area contributed by atoms with Crippen molar-refractivity contribution in [3.63, 3.8) is 0 Å². The fourth-order valence-electron chi connectivity index (χ4n) is 0.906. The molecule has 4 nitrogen and oxygen atoms in total. The summed E-state index contributed by atoms with van der Waals surface area (Å²) in [5.41, 5.74) is 4.83. The van der Waals surface area contributed by atoms with Crippen molar-refractivity contribution in [3.8, 4) is 0 Å². The molecule has 74 valence electrons. The molecule has 5 heteroatoms. The highest BCUT2D eigenvalue weighted by Gasteiger charge is 2.22. The molecule has 1 atom stereocenters. The number of aliphatic hydroxyl groups is 1. The Balaban J connectivity index is 3.72. The van der Waals surface area contributed by atoms with Gasteiger partial charge in [-0.2, -0.15) is 0 Å². The number of aliphatic hydroxyl groups excluding tert-OH is 1. The van der Waals surface area contributed by atoms with Gasteiger partial charge in [-0.25, -0.2) is 0 Å². The molecule has 12 heavy (non-hydrogen) atoms. The second-order valence-corrected chi connectivity index (χ2v) is 4.60. The zero-order chi connectivity index (χ0) is 9.40. The van der Waals surface area contributed by atoms with Crippen LogP contribution in [0.4, 0.5) is 0 Å².